The molecule has 0 saturated carbocycles. The highest BCUT2D eigenvalue weighted by Gasteiger charge is 2.35. The number of carbonyl (C=O) groups excluding carboxylic acids is 1. The highest BCUT2D eigenvalue weighted by Crippen LogP contribution is 2.29. The summed E-state index contributed by atoms with van der Waals surface area (Å²) in [6.07, 6.45) is 2.19. The number of piperidine rings is 1. The number of hydrogen-bond donors (Lipinski definition) is 1. The van der Waals surface area contributed by atoms with Gasteiger partial charge in [-0.15, -0.1) is 0 Å². The molecule has 2 N–H and O–H groups in total. The molecule has 1 aliphatic heterocycles. The van der Waals surface area contributed by atoms with Crippen molar-refractivity contribution in [2.45, 2.75) is 32.3 Å². The van der Waals surface area contributed by atoms with Crippen molar-refractivity contribution in [1.29, 1.82) is 0 Å². The second-order valence-electron chi connectivity index (χ2n) is 7.06. The predicted octanol–water partition coefficient (Wildman–Crippen LogP) is 2.76. The quantitative estimate of drug-likeness (QED) is 0.878. The van der Waals surface area contributed by atoms with E-state index >= 15 is 0 Å². The van der Waals surface area contributed by atoms with Crippen LogP contribution in [-0.4, -0.2) is 31.8 Å². The van der Waals surface area contributed by atoms with Crippen LogP contribution in [0.25, 0.3) is 10.8 Å². The largest absolute Gasteiger partial charge is 0.497 e. The number of fused-ring (bicyclic) bond motifs is 1. The van der Waals surface area contributed by atoms with Crippen molar-refractivity contribution >= 4 is 16.7 Å². The lowest BCUT2D eigenvalue weighted by molar-refractivity contribution is -0.665. The number of ether oxygens (including phenoxy) is 2. The molecule has 4 nitrogen and oxygen atoms in total. The molecule has 24 heavy (non-hydrogen) atoms. The second-order valence-corrected chi connectivity index (χ2v) is 7.06. The van der Waals surface area contributed by atoms with E-state index in [1.165, 1.54) is 0 Å². The number of rotatable bonds is 4. The van der Waals surface area contributed by atoms with Crippen LogP contribution in [0.4, 0.5) is 0 Å². The summed E-state index contributed by atoms with van der Waals surface area (Å²) in [4.78, 5) is 12.6. The Morgan fingerprint density at radius 2 is 1.75 bits per heavy atom. The highest BCUT2D eigenvalue weighted by molar-refractivity contribution is 5.95. The molecule has 128 valence electrons. The van der Waals surface area contributed by atoms with Crippen LogP contribution in [0.2, 0.25) is 0 Å². The summed E-state index contributed by atoms with van der Waals surface area (Å²) in [5.74, 6) is 0.997. The van der Waals surface area contributed by atoms with E-state index in [9.17, 15) is 4.79 Å². The maximum atomic E-state index is 12.6. The van der Waals surface area contributed by atoms with Crippen molar-refractivity contribution in [2.24, 2.45) is 5.92 Å². The fourth-order valence-electron chi connectivity index (χ4n) is 3.48. The van der Waals surface area contributed by atoms with E-state index in [1.54, 1.807) is 7.11 Å². The fraction of sp³-hybridized carbons (Fsp3) is 0.450. The average molecular weight is 328 g/mol. The maximum Gasteiger partial charge on any atom is 0.338 e. The molecule has 0 aromatic heterocycles. The van der Waals surface area contributed by atoms with Gasteiger partial charge in [0.1, 0.15) is 11.4 Å². The van der Waals surface area contributed by atoms with Crippen LogP contribution < -0.4 is 10.1 Å². The van der Waals surface area contributed by atoms with Crippen molar-refractivity contribution in [2.75, 3.05) is 20.2 Å². The molecular formula is C20H26NO3+. The van der Waals surface area contributed by atoms with Crippen molar-refractivity contribution in [3.8, 4) is 5.75 Å². The van der Waals surface area contributed by atoms with Gasteiger partial charge in [0, 0.05) is 18.8 Å². The number of methoxy groups -OCH3 is 1. The molecule has 3 rings (SSSR count). The summed E-state index contributed by atoms with van der Waals surface area (Å²) < 4.78 is 11.1. The molecule has 0 unspecified atom stereocenters. The second kappa shape index (κ2) is 6.81. The standard InChI is InChI=1S/C20H25NO3/c1-20(2,17-8-10-21-11-9-17)24-19(22)16-5-4-15-13-18(23-3)7-6-14(15)12-16/h4-7,12-13,17,21H,8-11H2,1-3H3/p+1. The van der Waals surface area contributed by atoms with Gasteiger partial charge in [-0.1, -0.05) is 12.1 Å². The van der Waals surface area contributed by atoms with Gasteiger partial charge in [0.2, 0.25) is 0 Å². The molecule has 1 heterocycles. The number of nitrogens with two attached hydrogens (primary N) is 1. The first-order chi connectivity index (χ1) is 11.5. The minimum atomic E-state index is -0.430. The number of quaternary nitrogens is 1. The zero-order valence-corrected chi connectivity index (χ0v) is 14.7. The molecule has 0 amide bonds. The summed E-state index contributed by atoms with van der Waals surface area (Å²) in [5, 5.41) is 4.38. The molecule has 2 aromatic carbocycles. The molecule has 2 aromatic rings. The van der Waals surface area contributed by atoms with E-state index in [4.69, 9.17) is 9.47 Å². The molecular weight excluding hydrogens is 302 g/mol. The van der Waals surface area contributed by atoms with E-state index in [0.717, 1.165) is 42.5 Å². The topological polar surface area (TPSA) is 52.1 Å². The Hall–Kier alpha value is -2.07. The van der Waals surface area contributed by atoms with Gasteiger partial charge >= 0.3 is 5.97 Å². The molecule has 4 heteroatoms. The lowest BCUT2D eigenvalue weighted by Crippen LogP contribution is -2.86. The Bertz CT molecular complexity index is 733. The molecule has 1 fully saturated rings. The number of carbonyl (C=O) groups is 1. The summed E-state index contributed by atoms with van der Waals surface area (Å²) in [7, 11) is 1.65. The Labute approximate surface area is 143 Å². The Morgan fingerprint density at radius 3 is 2.46 bits per heavy atom. The van der Waals surface area contributed by atoms with E-state index in [0.29, 0.717) is 11.5 Å². The van der Waals surface area contributed by atoms with Crippen molar-refractivity contribution in [3.05, 3.63) is 42.0 Å². The van der Waals surface area contributed by atoms with Gasteiger partial charge in [0.15, 0.2) is 0 Å². The zero-order chi connectivity index (χ0) is 17.2. The van der Waals surface area contributed by atoms with Gasteiger partial charge < -0.3 is 14.8 Å². The average Bonchev–Trinajstić information content (AvgIpc) is 2.61. The third-order valence-electron chi connectivity index (χ3n) is 5.06. The first-order valence-corrected chi connectivity index (χ1v) is 8.62. The first-order valence-electron chi connectivity index (χ1n) is 8.62. The van der Waals surface area contributed by atoms with Gasteiger partial charge in [-0.3, -0.25) is 0 Å². The van der Waals surface area contributed by atoms with Gasteiger partial charge in [0.25, 0.3) is 0 Å². The number of esters is 1. The SMILES string of the molecule is COc1ccc2cc(C(=O)OC(C)(C)C3CC[NH2+]CC3)ccc2c1. The van der Waals surface area contributed by atoms with Gasteiger partial charge in [-0.05, 0) is 48.9 Å². The number of benzene rings is 2. The molecule has 1 aliphatic rings. The van der Waals surface area contributed by atoms with Crippen molar-refractivity contribution < 1.29 is 19.6 Å². The minimum absolute atomic E-state index is 0.243. The van der Waals surface area contributed by atoms with Crippen molar-refractivity contribution in [3.63, 3.8) is 0 Å². The van der Waals surface area contributed by atoms with E-state index in [1.807, 2.05) is 50.2 Å². The van der Waals surface area contributed by atoms with Crippen LogP contribution in [0.5, 0.6) is 5.75 Å². The van der Waals surface area contributed by atoms with E-state index in [2.05, 4.69) is 5.32 Å². The molecule has 0 spiro atoms. The Balaban J connectivity index is 1.77. The van der Waals surface area contributed by atoms with Crippen LogP contribution in [0, 0.1) is 5.92 Å². The normalized spacial score (nSPS) is 16.1. The summed E-state index contributed by atoms with van der Waals surface area (Å²) >= 11 is 0. The smallest absolute Gasteiger partial charge is 0.338 e. The van der Waals surface area contributed by atoms with Crippen LogP contribution in [0.15, 0.2) is 36.4 Å². The minimum Gasteiger partial charge on any atom is -0.497 e. The van der Waals surface area contributed by atoms with Gasteiger partial charge in [-0.25, -0.2) is 4.79 Å². The molecule has 0 aliphatic carbocycles. The molecule has 0 bridgehead atoms. The Kier molecular flexibility index (Phi) is 4.76. The van der Waals surface area contributed by atoms with E-state index in [-0.39, 0.29) is 5.97 Å². The number of hydrogen-bond acceptors (Lipinski definition) is 3. The van der Waals surface area contributed by atoms with Crippen LogP contribution >= 0.6 is 0 Å². The Morgan fingerprint density at radius 1 is 1.08 bits per heavy atom. The molecule has 0 atom stereocenters. The zero-order valence-electron chi connectivity index (χ0n) is 14.7. The monoisotopic (exact) mass is 328 g/mol. The highest BCUT2D eigenvalue weighted by atomic mass is 16.6. The first kappa shape index (κ1) is 16.8. The van der Waals surface area contributed by atoms with Crippen molar-refractivity contribution in [1.82, 2.24) is 0 Å². The summed E-state index contributed by atoms with van der Waals surface area (Å²) in [6, 6.07) is 11.5. The summed E-state index contributed by atoms with van der Waals surface area (Å²) in [5.41, 5.74) is 0.170. The lowest BCUT2D eigenvalue weighted by Gasteiger charge is -2.35. The van der Waals surface area contributed by atoms with Crippen LogP contribution in [0.3, 0.4) is 0 Å². The predicted molar refractivity (Wildman–Crippen MR) is 94.4 cm³/mol. The third-order valence-corrected chi connectivity index (χ3v) is 5.06. The molecule has 0 radical (unpaired) electrons. The maximum absolute atomic E-state index is 12.6. The lowest BCUT2D eigenvalue weighted by atomic mass is 9.83. The van der Waals surface area contributed by atoms with Gasteiger partial charge in [0.05, 0.1) is 25.8 Å². The third kappa shape index (κ3) is 3.54. The van der Waals surface area contributed by atoms with Crippen LogP contribution in [0.1, 0.15) is 37.0 Å². The van der Waals surface area contributed by atoms with Crippen LogP contribution in [-0.2, 0) is 4.74 Å². The van der Waals surface area contributed by atoms with Gasteiger partial charge in [-0.2, -0.15) is 0 Å². The fourth-order valence-corrected chi connectivity index (χ4v) is 3.48. The van der Waals surface area contributed by atoms with E-state index < -0.39 is 5.60 Å². The molecule has 1 saturated heterocycles. The summed E-state index contributed by atoms with van der Waals surface area (Å²) in [6.45, 7) is 6.30.